The van der Waals surface area contributed by atoms with Gasteiger partial charge in [0.1, 0.15) is 6.10 Å². The number of aliphatic hydroxyl groups excluding tert-OH is 5. The number of cyclic esters (lactones) is 2. The Morgan fingerprint density at radius 3 is 1.40 bits per heavy atom. The number of ether oxygens (including phenoxy) is 1. The summed E-state index contributed by atoms with van der Waals surface area (Å²) >= 11 is 0. The first-order valence-electron chi connectivity index (χ1n) is 8.17. The van der Waals surface area contributed by atoms with Crippen molar-refractivity contribution in [2.75, 3.05) is 19.8 Å². The van der Waals surface area contributed by atoms with Crippen LogP contribution in [0.2, 0.25) is 0 Å². The molecule has 0 spiro atoms. The summed E-state index contributed by atoms with van der Waals surface area (Å²) in [7, 11) is 0. The molecule has 1 heterocycles. The van der Waals surface area contributed by atoms with E-state index in [1.54, 1.807) is 0 Å². The Bertz CT molecular complexity index is 662. The zero-order valence-corrected chi connectivity index (χ0v) is 15.9. The number of carbonyl (C=O) groups excluding carboxylic acids is 2. The standard InChI is InChI=1S/C8H6O4.C4H2O3.C3H8O3.C3H8O2/c9-7(10)5-2-1-3-6(4-5)8(11)12;5-3-1-2-4(6)7-3;4-1-3(6)2-5;1-3(5)2-4/h1-4H,(H,9,10)(H,11,12);1-2H;3-6H,1-2H2;3-5H,2H2,1H3. The Morgan fingerprint density at radius 1 is 0.867 bits per heavy atom. The van der Waals surface area contributed by atoms with Crippen LogP contribution < -0.4 is 0 Å². The van der Waals surface area contributed by atoms with Crippen LogP contribution in [0.5, 0.6) is 0 Å². The summed E-state index contributed by atoms with van der Waals surface area (Å²) < 4.78 is 3.97. The molecular formula is C18H24O12. The van der Waals surface area contributed by atoms with Crippen LogP contribution in [0.1, 0.15) is 27.6 Å². The van der Waals surface area contributed by atoms with Gasteiger partial charge in [0.2, 0.25) is 0 Å². The van der Waals surface area contributed by atoms with Gasteiger partial charge in [-0.15, -0.1) is 0 Å². The number of esters is 2. The van der Waals surface area contributed by atoms with Crippen molar-refractivity contribution in [2.45, 2.75) is 19.1 Å². The SMILES string of the molecule is CC(O)CO.O=C(O)c1cccc(C(=O)O)c1.O=C1C=CC(=O)O1.OCC(O)CO. The lowest BCUT2D eigenvalue weighted by molar-refractivity contribution is -0.150. The first kappa shape index (κ1) is 29.0. The Kier molecular flexibility index (Phi) is 16.2. The van der Waals surface area contributed by atoms with E-state index in [4.69, 9.17) is 35.7 Å². The van der Waals surface area contributed by atoms with Crippen molar-refractivity contribution in [1.82, 2.24) is 0 Å². The molecule has 1 aliphatic rings. The van der Waals surface area contributed by atoms with Gasteiger partial charge in [-0.25, -0.2) is 19.2 Å². The van der Waals surface area contributed by atoms with Crippen molar-refractivity contribution < 1.29 is 59.7 Å². The van der Waals surface area contributed by atoms with E-state index in [0.717, 1.165) is 18.2 Å². The summed E-state index contributed by atoms with van der Waals surface area (Å²) in [6.45, 7) is 0.660. The quantitative estimate of drug-likeness (QED) is 0.207. The zero-order chi connectivity index (χ0) is 23.7. The fourth-order valence-electron chi connectivity index (χ4n) is 1.15. The molecule has 0 aliphatic carbocycles. The third kappa shape index (κ3) is 15.9. The Labute approximate surface area is 170 Å². The van der Waals surface area contributed by atoms with Crippen molar-refractivity contribution in [3.63, 3.8) is 0 Å². The van der Waals surface area contributed by atoms with Gasteiger partial charge in [0.15, 0.2) is 0 Å². The molecule has 0 fully saturated rings. The van der Waals surface area contributed by atoms with Gasteiger partial charge < -0.3 is 40.5 Å². The van der Waals surface area contributed by atoms with E-state index >= 15 is 0 Å². The molecule has 1 aliphatic heterocycles. The molecule has 1 aromatic carbocycles. The smallest absolute Gasteiger partial charge is 0.338 e. The van der Waals surface area contributed by atoms with Gasteiger partial charge >= 0.3 is 23.9 Å². The van der Waals surface area contributed by atoms with E-state index in [1.807, 2.05) is 0 Å². The second-order valence-corrected chi connectivity index (χ2v) is 5.32. The maximum Gasteiger partial charge on any atom is 0.338 e. The van der Waals surface area contributed by atoms with E-state index in [9.17, 15) is 19.2 Å². The predicted octanol–water partition coefficient (Wildman–Crippen LogP) is -1.60. The molecule has 12 nitrogen and oxygen atoms in total. The summed E-state index contributed by atoms with van der Waals surface area (Å²) in [4.78, 5) is 40.6. The van der Waals surface area contributed by atoms with Crippen molar-refractivity contribution in [3.8, 4) is 0 Å². The van der Waals surface area contributed by atoms with Crippen LogP contribution in [0.15, 0.2) is 36.4 Å². The number of hydrogen-bond donors (Lipinski definition) is 7. The number of benzene rings is 1. The number of hydrogen-bond acceptors (Lipinski definition) is 10. The van der Waals surface area contributed by atoms with Gasteiger partial charge in [0.05, 0.1) is 37.1 Å². The van der Waals surface area contributed by atoms with Crippen LogP contribution in [0.3, 0.4) is 0 Å². The number of carboxylic acids is 2. The second kappa shape index (κ2) is 16.8. The number of rotatable bonds is 5. The maximum absolute atomic E-state index is 10.4. The maximum atomic E-state index is 10.4. The van der Waals surface area contributed by atoms with Crippen molar-refractivity contribution in [2.24, 2.45) is 0 Å². The Hall–Kier alpha value is -3.16. The van der Waals surface area contributed by atoms with Crippen molar-refractivity contribution in [1.29, 1.82) is 0 Å². The lowest BCUT2D eigenvalue weighted by atomic mass is 10.1. The molecule has 0 radical (unpaired) electrons. The number of aliphatic hydroxyl groups is 5. The average molecular weight is 432 g/mol. The highest BCUT2D eigenvalue weighted by molar-refractivity contribution is 6.04. The van der Waals surface area contributed by atoms with Gasteiger partial charge in [-0.2, -0.15) is 0 Å². The molecule has 0 aromatic heterocycles. The van der Waals surface area contributed by atoms with Crippen LogP contribution in [-0.4, -0.2) is 91.7 Å². The molecule has 1 atom stereocenters. The third-order valence-corrected chi connectivity index (χ3v) is 2.60. The van der Waals surface area contributed by atoms with Crippen LogP contribution in [0.4, 0.5) is 0 Å². The minimum atomic E-state index is -1.13. The summed E-state index contributed by atoms with van der Waals surface area (Å²) in [6.07, 6.45) is 0.657. The van der Waals surface area contributed by atoms with Crippen LogP contribution >= 0.6 is 0 Å². The summed E-state index contributed by atoms with van der Waals surface area (Å²) in [5.41, 5.74) is -0.0372. The molecule has 0 saturated carbocycles. The summed E-state index contributed by atoms with van der Waals surface area (Å²) in [5, 5.41) is 57.0. The predicted molar refractivity (Wildman–Crippen MR) is 99.5 cm³/mol. The lowest BCUT2D eigenvalue weighted by Gasteiger charge is -1.96. The first-order chi connectivity index (χ1) is 14.0. The van der Waals surface area contributed by atoms with Crippen LogP contribution in [-0.2, 0) is 14.3 Å². The molecule has 168 valence electrons. The van der Waals surface area contributed by atoms with Crippen molar-refractivity contribution in [3.05, 3.63) is 47.5 Å². The average Bonchev–Trinajstić information content (AvgIpc) is 3.11. The lowest BCUT2D eigenvalue weighted by Crippen LogP contribution is -2.15. The zero-order valence-electron chi connectivity index (χ0n) is 15.9. The molecular weight excluding hydrogens is 408 g/mol. The van der Waals surface area contributed by atoms with E-state index in [2.05, 4.69) is 4.74 Å². The Balaban J connectivity index is 0. The second-order valence-electron chi connectivity index (χ2n) is 5.32. The fourth-order valence-corrected chi connectivity index (χ4v) is 1.15. The molecule has 30 heavy (non-hydrogen) atoms. The minimum absolute atomic E-state index is 0.0186. The van der Waals surface area contributed by atoms with Crippen LogP contribution in [0, 0.1) is 0 Å². The highest BCUT2D eigenvalue weighted by Gasteiger charge is 2.10. The Morgan fingerprint density at radius 2 is 1.23 bits per heavy atom. The highest BCUT2D eigenvalue weighted by atomic mass is 16.6. The van der Waals surface area contributed by atoms with Gasteiger partial charge in [-0.3, -0.25) is 0 Å². The van der Waals surface area contributed by atoms with E-state index in [0.29, 0.717) is 0 Å². The van der Waals surface area contributed by atoms with Crippen molar-refractivity contribution >= 4 is 23.9 Å². The normalized spacial score (nSPS) is 12.4. The first-order valence-corrected chi connectivity index (χ1v) is 8.17. The summed E-state index contributed by atoms with van der Waals surface area (Å²) in [5.74, 6) is -3.41. The van der Waals surface area contributed by atoms with E-state index in [-0.39, 0.29) is 30.9 Å². The minimum Gasteiger partial charge on any atom is -0.478 e. The highest BCUT2D eigenvalue weighted by Crippen LogP contribution is 2.04. The van der Waals surface area contributed by atoms with E-state index < -0.39 is 36.1 Å². The monoisotopic (exact) mass is 432 g/mol. The molecule has 1 unspecified atom stereocenters. The van der Waals surface area contributed by atoms with Gasteiger partial charge in [0.25, 0.3) is 0 Å². The molecule has 0 bridgehead atoms. The number of carboxylic acid groups (broad SMARTS) is 2. The largest absolute Gasteiger partial charge is 0.478 e. The van der Waals surface area contributed by atoms with E-state index in [1.165, 1.54) is 25.1 Å². The van der Waals surface area contributed by atoms with Gasteiger partial charge in [-0.05, 0) is 25.1 Å². The molecule has 0 saturated heterocycles. The molecule has 0 amide bonds. The molecule has 2 rings (SSSR count). The fraction of sp³-hybridized carbons (Fsp3) is 0.333. The topological polar surface area (TPSA) is 219 Å². The van der Waals surface area contributed by atoms with Crippen LogP contribution in [0.25, 0.3) is 0 Å². The third-order valence-electron chi connectivity index (χ3n) is 2.60. The van der Waals surface area contributed by atoms with Gasteiger partial charge in [0, 0.05) is 12.2 Å². The molecule has 1 aromatic rings. The number of carbonyl (C=O) groups is 4. The number of aromatic carboxylic acids is 2. The molecule has 7 N–H and O–H groups in total. The molecule has 12 heteroatoms. The van der Waals surface area contributed by atoms with Gasteiger partial charge in [-0.1, -0.05) is 6.07 Å². The summed E-state index contributed by atoms with van der Waals surface area (Å²) in [6, 6.07) is 5.20.